The molecule has 2 heteroatoms. The van der Waals surface area contributed by atoms with Crippen LogP contribution in [0.5, 0.6) is 0 Å². The van der Waals surface area contributed by atoms with E-state index < -0.39 is 0 Å². The molecule has 0 N–H and O–H groups in total. The predicted octanol–water partition coefficient (Wildman–Crippen LogP) is 3.45. The fourth-order valence-electron chi connectivity index (χ4n) is 3.85. The fraction of sp³-hybridized carbons (Fsp3) is 0.667. The van der Waals surface area contributed by atoms with Gasteiger partial charge in [0.25, 0.3) is 0 Å². The highest BCUT2D eigenvalue weighted by Crippen LogP contribution is 2.55. The average molecular weight is 232 g/mol. The topological polar surface area (TPSA) is 26.3 Å². The van der Waals surface area contributed by atoms with E-state index in [4.69, 9.17) is 4.74 Å². The van der Waals surface area contributed by atoms with E-state index in [2.05, 4.69) is 19.6 Å². The number of fused-ring (bicyclic) bond motifs is 2. The molecule has 1 heterocycles. The number of hydrogen-bond donors (Lipinski definition) is 0. The largest absolute Gasteiger partial charge is 0.431 e. The van der Waals surface area contributed by atoms with Gasteiger partial charge in [-0.15, -0.1) is 0 Å². The van der Waals surface area contributed by atoms with E-state index in [9.17, 15) is 4.79 Å². The molecule has 0 amide bonds. The maximum absolute atomic E-state index is 11.6. The van der Waals surface area contributed by atoms with Crippen molar-refractivity contribution < 1.29 is 9.53 Å². The molecule has 92 valence electrons. The van der Waals surface area contributed by atoms with E-state index in [0.29, 0.717) is 11.8 Å². The molecular formula is C15H20O2. The monoisotopic (exact) mass is 232 g/mol. The maximum atomic E-state index is 11.6. The van der Waals surface area contributed by atoms with Crippen LogP contribution in [0.25, 0.3) is 0 Å². The Morgan fingerprint density at radius 1 is 1.53 bits per heavy atom. The Bertz CT molecular complexity index is 421. The summed E-state index contributed by atoms with van der Waals surface area (Å²) < 4.78 is 5.42. The molecule has 1 saturated carbocycles. The van der Waals surface area contributed by atoms with E-state index >= 15 is 0 Å². The zero-order valence-electron chi connectivity index (χ0n) is 10.7. The first-order valence-corrected chi connectivity index (χ1v) is 6.63. The fourth-order valence-corrected chi connectivity index (χ4v) is 3.85. The second-order valence-corrected chi connectivity index (χ2v) is 6.17. The molecule has 0 aromatic carbocycles. The average Bonchev–Trinajstić information content (AvgIpc) is 2.52. The Balaban J connectivity index is 2.00. The summed E-state index contributed by atoms with van der Waals surface area (Å²) in [6.07, 6.45) is 6.84. The number of hydrogen-bond acceptors (Lipinski definition) is 2. The molecule has 1 aliphatic heterocycles. The van der Waals surface area contributed by atoms with E-state index in [1.165, 1.54) is 18.4 Å². The maximum Gasteiger partial charge on any atom is 0.314 e. The van der Waals surface area contributed by atoms with Gasteiger partial charge in [-0.3, -0.25) is 4.79 Å². The minimum Gasteiger partial charge on any atom is -0.431 e. The molecule has 2 unspecified atom stereocenters. The Morgan fingerprint density at radius 3 is 3.06 bits per heavy atom. The quantitative estimate of drug-likeness (QED) is 0.472. The van der Waals surface area contributed by atoms with E-state index in [0.717, 1.165) is 18.6 Å². The minimum absolute atomic E-state index is 0.0283. The predicted molar refractivity (Wildman–Crippen MR) is 66.0 cm³/mol. The van der Waals surface area contributed by atoms with Gasteiger partial charge in [-0.25, -0.2) is 0 Å². The number of esters is 1. The van der Waals surface area contributed by atoms with Crippen molar-refractivity contribution in [1.29, 1.82) is 0 Å². The number of ether oxygens (including phenoxy) is 1. The van der Waals surface area contributed by atoms with Crippen LogP contribution in [0.3, 0.4) is 0 Å². The van der Waals surface area contributed by atoms with E-state index in [-0.39, 0.29) is 17.3 Å². The summed E-state index contributed by atoms with van der Waals surface area (Å²) in [5.74, 6) is 1.77. The van der Waals surface area contributed by atoms with Gasteiger partial charge in [-0.2, -0.15) is 0 Å². The van der Waals surface area contributed by atoms with Crippen molar-refractivity contribution in [1.82, 2.24) is 0 Å². The third kappa shape index (κ3) is 1.50. The van der Waals surface area contributed by atoms with Crippen molar-refractivity contribution >= 4 is 5.97 Å². The van der Waals surface area contributed by atoms with Gasteiger partial charge in [0.05, 0.1) is 5.92 Å². The third-order valence-electron chi connectivity index (χ3n) is 5.02. The standard InChI is InChI=1S/C15H20O2/c1-9-5-4-6-15(3)8-13-11(7-12(9)15)10(2)14(16)17-13/h8,10-12H,1,4-7H2,2-3H3/t10?,11?,12-,15+/m0/s1. The molecule has 3 aliphatic rings. The highest BCUT2D eigenvalue weighted by Gasteiger charge is 2.49. The molecule has 2 nitrogen and oxygen atoms in total. The lowest BCUT2D eigenvalue weighted by Crippen LogP contribution is -2.36. The molecule has 3 rings (SSSR count). The summed E-state index contributed by atoms with van der Waals surface area (Å²) in [5.41, 5.74) is 1.55. The van der Waals surface area contributed by atoms with Crippen LogP contribution in [-0.2, 0) is 9.53 Å². The summed E-state index contributed by atoms with van der Waals surface area (Å²) >= 11 is 0. The second-order valence-electron chi connectivity index (χ2n) is 6.17. The van der Waals surface area contributed by atoms with Crippen LogP contribution in [0, 0.1) is 23.2 Å². The van der Waals surface area contributed by atoms with Gasteiger partial charge in [-0.05, 0) is 43.1 Å². The molecule has 4 atom stereocenters. The molecule has 1 saturated heterocycles. The van der Waals surface area contributed by atoms with Crippen molar-refractivity contribution in [2.45, 2.75) is 39.5 Å². The zero-order valence-corrected chi connectivity index (χ0v) is 10.7. The molecule has 0 radical (unpaired) electrons. The first kappa shape index (κ1) is 11.1. The first-order chi connectivity index (χ1) is 8.01. The van der Waals surface area contributed by atoms with Gasteiger partial charge < -0.3 is 4.74 Å². The van der Waals surface area contributed by atoms with Crippen LogP contribution in [0.1, 0.15) is 39.5 Å². The van der Waals surface area contributed by atoms with Crippen molar-refractivity contribution in [3.05, 3.63) is 24.0 Å². The number of allylic oxidation sites excluding steroid dienone is 3. The molecular weight excluding hydrogens is 212 g/mol. The van der Waals surface area contributed by atoms with Crippen molar-refractivity contribution in [3.8, 4) is 0 Å². The summed E-state index contributed by atoms with van der Waals surface area (Å²) in [7, 11) is 0. The van der Waals surface area contributed by atoms with Crippen LogP contribution in [0.2, 0.25) is 0 Å². The Hall–Kier alpha value is -1.05. The van der Waals surface area contributed by atoms with Gasteiger partial charge in [0.1, 0.15) is 5.76 Å². The van der Waals surface area contributed by atoms with Gasteiger partial charge in [0, 0.05) is 5.92 Å². The third-order valence-corrected chi connectivity index (χ3v) is 5.02. The number of carbonyl (C=O) groups excluding carboxylic acids is 1. The van der Waals surface area contributed by atoms with Crippen LogP contribution in [0.15, 0.2) is 24.0 Å². The van der Waals surface area contributed by atoms with Crippen molar-refractivity contribution in [2.24, 2.45) is 23.2 Å². The zero-order chi connectivity index (χ0) is 12.2. The highest BCUT2D eigenvalue weighted by atomic mass is 16.5. The molecule has 2 aliphatic carbocycles. The molecule has 2 fully saturated rings. The van der Waals surface area contributed by atoms with Crippen LogP contribution < -0.4 is 0 Å². The Labute approximate surface area is 103 Å². The van der Waals surface area contributed by atoms with Crippen LogP contribution >= 0.6 is 0 Å². The Kier molecular flexibility index (Phi) is 2.26. The lowest BCUT2D eigenvalue weighted by Gasteiger charge is -2.45. The summed E-state index contributed by atoms with van der Waals surface area (Å²) in [6.45, 7) is 8.53. The lowest BCUT2D eigenvalue weighted by atomic mass is 9.59. The van der Waals surface area contributed by atoms with Gasteiger partial charge >= 0.3 is 5.97 Å². The molecule has 0 bridgehead atoms. The summed E-state index contributed by atoms with van der Waals surface area (Å²) in [4.78, 5) is 11.6. The van der Waals surface area contributed by atoms with Gasteiger partial charge in [0.15, 0.2) is 0 Å². The molecule has 0 aromatic heterocycles. The van der Waals surface area contributed by atoms with Crippen LogP contribution in [-0.4, -0.2) is 5.97 Å². The Morgan fingerprint density at radius 2 is 2.29 bits per heavy atom. The van der Waals surface area contributed by atoms with E-state index in [1.54, 1.807) is 0 Å². The van der Waals surface area contributed by atoms with Crippen molar-refractivity contribution in [3.63, 3.8) is 0 Å². The summed E-state index contributed by atoms with van der Waals surface area (Å²) in [6, 6.07) is 0. The highest BCUT2D eigenvalue weighted by molar-refractivity contribution is 5.77. The van der Waals surface area contributed by atoms with Gasteiger partial charge in [-0.1, -0.05) is 26.0 Å². The van der Waals surface area contributed by atoms with E-state index in [1.807, 2.05) is 6.92 Å². The SMILES string of the molecule is C=C1CCC[C@]2(C)C=C3OC(=O)C(C)C3C[C@@H]12. The molecule has 0 spiro atoms. The molecule has 17 heavy (non-hydrogen) atoms. The van der Waals surface area contributed by atoms with Gasteiger partial charge in [0.2, 0.25) is 0 Å². The smallest absolute Gasteiger partial charge is 0.314 e. The number of rotatable bonds is 0. The normalized spacial score (nSPS) is 44.8. The first-order valence-electron chi connectivity index (χ1n) is 6.63. The lowest BCUT2D eigenvalue weighted by molar-refractivity contribution is -0.138. The minimum atomic E-state index is -0.0471. The summed E-state index contributed by atoms with van der Waals surface area (Å²) in [5, 5.41) is 0. The number of carbonyl (C=O) groups is 1. The second kappa shape index (κ2) is 3.47. The van der Waals surface area contributed by atoms with Crippen molar-refractivity contribution in [2.75, 3.05) is 0 Å². The molecule has 0 aromatic rings. The van der Waals surface area contributed by atoms with Crippen LogP contribution in [0.4, 0.5) is 0 Å².